The molecule has 0 radical (unpaired) electrons. The summed E-state index contributed by atoms with van der Waals surface area (Å²) in [5.74, 6) is -0.0361. The van der Waals surface area contributed by atoms with Crippen molar-refractivity contribution in [1.29, 1.82) is 0 Å². The van der Waals surface area contributed by atoms with E-state index < -0.39 is 40.2 Å². The molecule has 2 aliphatic heterocycles. The SMILES string of the molecule is CCOc1cc(C(F)(F)F)ccc1C1=NC(c2ccc(Cl)cc2)C(c2ccc(Cl)cc2)N1C(=O)N1CCN(S(=O)(=O)O)CC1.COCC[NH-]. The number of piperazine rings is 1. The molecule has 0 aromatic heterocycles. The van der Waals surface area contributed by atoms with E-state index in [1.54, 1.807) is 62.6 Å². The average molecular weight is 746 g/mol. The van der Waals surface area contributed by atoms with E-state index in [1.165, 1.54) is 15.9 Å². The molecule has 1 saturated heterocycles. The van der Waals surface area contributed by atoms with E-state index in [0.717, 1.165) is 16.4 Å². The van der Waals surface area contributed by atoms with Gasteiger partial charge in [-0.3, -0.25) is 14.4 Å². The molecule has 266 valence electrons. The van der Waals surface area contributed by atoms with Gasteiger partial charge in [-0.1, -0.05) is 47.5 Å². The van der Waals surface area contributed by atoms with Crippen LogP contribution in [-0.4, -0.2) is 92.0 Å². The first-order valence-electron chi connectivity index (χ1n) is 15.1. The summed E-state index contributed by atoms with van der Waals surface area (Å²) >= 11 is 12.3. The third-order valence-electron chi connectivity index (χ3n) is 7.69. The van der Waals surface area contributed by atoms with Crippen molar-refractivity contribution < 1.29 is 40.4 Å². The summed E-state index contributed by atoms with van der Waals surface area (Å²) in [5.41, 5.74) is 7.04. The van der Waals surface area contributed by atoms with E-state index in [9.17, 15) is 30.9 Å². The predicted molar refractivity (Wildman–Crippen MR) is 181 cm³/mol. The van der Waals surface area contributed by atoms with Gasteiger partial charge in [0.1, 0.15) is 17.6 Å². The highest BCUT2D eigenvalue weighted by molar-refractivity contribution is 7.83. The van der Waals surface area contributed by atoms with Crippen LogP contribution in [0.15, 0.2) is 71.7 Å². The molecule has 3 aromatic rings. The average Bonchev–Trinajstić information content (AvgIpc) is 3.45. The summed E-state index contributed by atoms with van der Waals surface area (Å²) < 4.78 is 84.8. The normalized spacial score (nSPS) is 18.5. The Labute approximate surface area is 292 Å². The molecule has 2 amide bonds. The van der Waals surface area contributed by atoms with E-state index in [1.807, 2.05) is 0 Å². The van der Waals surface area contributed by atoms with Gasteiger partial charge in [0.05, 0.1) is 23.8 Å². The molecule has 11 nitrogen and oxygen atoms in total. The Morgan fingerprint density at radius 2 is 1.55 bits per heavy atom. The first kappa shape index (κ1) is 38.4. The van der Waals surface area contributed by atoms with Crippen molar-refractivity contribution in [1.82, 2.24) is 14.1 Å². The number of aliphatic imine (C=N–C) groups is 1. The zero-order valence-corrected chi connectivity index (χ0v) is 28.9. The highest BCUT2D eigenvalue weighted by Gasteiger charge is 2.45. The van der Waals surface area contributed by atoms with Crippen molar-refractivity contribution in [3.8, 4) is 5.75 Å². The lowest BCUT2D eigenvalue weighted by atomic mass is 9.93. The molecule has 5 rings (SSSR count). The molecule has 2 unspecified atom stereocenters. The van der Waals surface area contributed by atoms with Crippen LogP contribution < -0.4 is 4.74 Å². The fraction of sp³-hybridized carbons (Fsp3) is 0.375. The Kier molecular flexibility index (Phi) is 12.9. The van der Waals surface area contributed by atoms with E-state index in [2.05, 4.69) is 4.74 Å². The number of methoxy groups -OCH3 is 1. The van der Waals surface area contributed by atoms with Gasteiger partial charge in [-0.05, 0) is 60.5 Å². The van der Waals surface area contributed by atoms with Gasteiger partial charge >= 0.3 is 22.5 Å². The second-order valence-corrected chi connectivity index (χ2v) is 13.1. The van der Waals surface area contributed by atoms with E-state index in [4.69, 9.17) is 38.7 Å². The number of halogens is 5. The Morgan fingerprint density at radius 1 is 0.980 bits per heavy atom. The Morgan fingerprint density at radius 3 is 2.02 bits per heavy atom. The number of carbonyl (C=O) groups is 1. The molecule has 0 saturated carbocycles. The van der Waals surface area contributed by atoms with Crippen LogP contribution in [0.2, 0.25) is 10.0 Å². The fourth-order valence-corrected chi connectivity index (χ4v) is 6.25. The zero-order valence-electron chi connectivity index (χ0n) is 26.5. The maximum absolute atomic E-state index is 14.4. The molecule has 2 N–H and O–H groups in total. The Hall–Kier alpha value is -3.44. The van der Waals surface area contributed by atoms with Crippen molar-refractivity contribution in [3.63, 3.8) is 0 Å². The minimum absolute atomic E-state index is 0.0489. The van der Waals surface area contributed by atoms with Gasteiger partial charge in [-0.25, -0.2) is 4.79 Å². The summed E-state index contributed by atoms with van der Waals surface area (Å²) in [6.45, 7) is 2.21. The van der Waals surface area contributed by atoms with Crippen LogP contribution in [0.1, 0.15) is 41.3 Å². The van der Waals surface area contributed by atoms with Crippen molar-refractivity contribution >= 4 is 45.4 Å². The number of amides is 2. The molecule has 0 bridgehead atoms. The summed E-state index contributed by atoms with van der Waals surface area (Å²) in [6.07, 6.45) is -4.64. The number of carbonyl (C=O) groups excluding carboxylic acids is 1. The lowest BCUT2D eigenvalue weighted by Crippen LogP contribution is -2.55. The maximum Gasteiger partial charge on any atom is 0.416 e. The molecule has 49 heavy (non-hydrogen) atoms. The van der Waals surface area contributed by atoms with Crippen LogP contribution in [0.25, 0.3) is 5.73 Å². The van der Waals surface area contributed by atoms with Crippen molar-refractivity contribution in [2.24, 2.45) is 4.99 Å². The van der Waals surface area contributed by atoms with Gasteiger partial charge < -0.3 is 20.1 Å². The van der Waals surface area contributed by atoms with E-state index >= 15 is 0 Å². The number of nitrogens with zero attached hydrogens (tertiary/aromatic N) is 4. The van der Waals surface area contributed by atoms with Crippen LogP contribution in [0.5, 0.6) is 5.75 Å². The van der Waals surface area contributed by atoms with Gasteiger partial charge in [0.25, 0.3) is 0 Å². The monoisotopic (exact) mass is 744 g/mol. The number of rotatable bonds is 8. The molecule has 0 spiro atoms. The lowest BCUT2D eigenvalue weighted by Gasteiger charge is -2.38. The molecule has 0 aliphatic carbocycles. The first-order valence-corrected chi connectivity index (χ1v) is 17.2. The van der Waals surface area contributed by atoms with Crippen LogP contribution in [0, 0.1) is 0 Å². The molecule has 1 fully saturated rings. The minimum atomic E-state index is -4.64. The number of hydrogen-bond donors (Lipinski definition) is 1. The summed E-state index contributed by atoms with van der Waals surface area (Å²) in [7, 11) is -2.86. The van der Waals surface area contributed by atoms with Gasteiger partial charge in [0, 0.05) is 49.9 Å². The van der Waals surface area contributed by atoms with Gasteiger partial charge in [-0.2, -0.15) is 25.9 Å². The molecule has 3 aromatic carbocycles. The number of hydrogen-bond acceptors (Lipinski definition) is 6. The van der Waals surface area contributed by atoms with Crippen LogP contribution >= 0.6 is 23.2 Å². The topological polar surface area (TPSA) is 136 Å². The molecule has 2 aliphatic rings. The van der Waals surface area contributed by atoms with Gasteiger partial charge in [-0.15, -0.1) is 6.54 Å². The third-order valence-corrected chi connectivity index (χ3v) is 9.21. The van der Waals surface area contributed by atoms with Crippen LogP contribution in [0.4, 0.5) is 18.0 Å². The predicted octanol–water partition coefficient (Wildman–Crippen LogP) is 7.18. The van der Waals surface area contributed by atoms with Crippen LogP contribution in [-0.2, 0) is 21.2 Å². The minimum Gasteiger partial charge on any atom is -0.676 e. The number of nitrogens with one attached hydrogen (secondary N) is 1. The van der Waals surface area contributed by atoms with Crippen molar-refractivity contribution in [2.45, 2.75) is 25.2 Å². The second kappa shape index (κ2) is 16.5. The third kappa shape index (κ3) is 9.42. The molecule has 17 heteroatoms. The van der Waals surface area contributed by atoms with E-state index in [-0.39, 0.29) is 49.9 Å². The molecular formula is C32H35Cl2F3N5O6S-. The zero-order chi connectivity index (χ0) is 35.9. The molecule has 2 heterocycles. The summed E-state index contributed by atoms with van der Waals surface area (Å²) in [5, 5.41) is 0.932. The highest BCUT2D eigenvalue weighted by Crippen LogP contribution is 2.46. The highest BCUT2D eigenvalue weighted by atomic mass is 35.5. The maximum atomic E-state index is 14.4. The Bertz CT molecular complexity index is 1720. The number of urea groups is 1. The smallest absolute Gasteiger partial charge is 0.416 e. The number of amidine groups is 1. The quantitative estimate of drug-likeness (QED) is 0.243. The largest absolute Gasteiger partial charge is 0.676 e. The molecular weight excluding hydrogens is 710 g/mol. The Balaban J connectivity index is 0.00000101. The first-order chi connectivity index (χ1) is 23.2. The number of alkyl halides is 3. The van der Waals surface area contributed by atoms with Gasteiger partial charge in [0.2, 0.25) is 0 Å². The fourth-order valence-electron chi connectivity index (χ4n) is 5.38. The standard InChI is InChI=1S/C29H27Cl2F3N4O5S.C3H8NO/c1-2-43-24-17-20(29(32,33)34)7-12-23(24)27-35-25(18-3-8-21(30)9-4-18)26(19-5-10-22(31)11-6-19)38(27)28(39)36-13-15-37(16-14-36)44(40,41)42;1-5-3-2-4/h3-12,17,25-26H,2,13-16H2,1H3,(H,40,41,42);4H,2-3H2,1H3/q;-1. The molecule has 2 atom stereocenters. The van der Waals surface area contributed by atoms with Crippen LogP contribution in [0.3, 0.4) is 0 Å². The van der Waals surface area contributed by atoms with Gasteiger partial charge in [0.15, 0.2) is 0 Å². The second-order valence-electron chi connectivity index (χ2n) is 10.8. The lowest BCUT2D eigenvalue weighted by molar-refractivity contribution is -0.137. The number of ether oxygens (including phenoxy) is 2. The summed E-state index contributed by atoms with van der Waals surface area (Å²) in [4.78, 5) is 22.1. The van der Waals surface area contributed by atoms with E-state index in [0.29, 0.717) is 34.3 Å². The van der Waals surface area contributed by atoms with Crippen molar-refractivity contribution in [3.05, 3.63) is 105 Å². The number of benzene rings is 3. The summed E-state index contributed by atoms with van der Waals surface area (Å²) in [6, 6.07) is 14.6. The van der Waals surface area contributed by atoms with Crippen molar-refractivity contribution in [2.75, 3.05) is 53.0 Å².